The average molecular weight is 236 g/mol. The first-order chi connectivity index (χ1) is 7.97. The van der Waals surface area contributed by atoms with Gasteiger partial charge in [-0.3, -0.25) is 10.1 Å². The lowest BCUT2D eigenvalue weighted by Gasteiger charge is -2.11. The number of nitro benzene ring substituents is 1. The normalized spacial score (nSPS) is 9.65. The fourth-order valence-electron chi connectivity index (χ4n) is 1.43. The van der Waals surface area contributed by atoms with Gasteiger partial charge in [0.2, 0.25) is 0 Å². The Balaban J connectivity index is 3.42. The molecule has 0 radical (unpaired) electrons. The van der Waals surface area contributed by atoms with Crippen LogP contribution in [0.4, 0.5) is 21.9 Å². The third kappa shape index (κ3) is 2.71. The highest BCUT2D eigenvalue weighted by molar-refractivity contribution is 5.93. The molecule has 0 aliphatic rings. The van der Waals surface area contributed by atoms with E-state index in [1.165, 1.54) is 18.2 Å². The minimum Gasteiger partial charge on any atom is -0.398 e. The maximum atomic E-state index is 10.8. The van der Waals surface area contributed by atoms with E-state index in [9.17, 15) is 14.9 Å². The van der Waals surface area contributed by atoms with E-state index in [1.807, 2.05) is 0 Å². The maximum Gasteiger partial charge on any atom is 0.316 e. The second-order valence-corrected chi connectivity index (χ2v) is 3.27. The molecule has 7 nitrogen and oxygen atoms in total. The van der Waals surface area contributed by atoms with Crippen molar-refractivity contribution < 1.29 is 9.72 Å². The van der Waals surface area contributed by atoms with Gasteiger partial charge >= 0.3 is 6.03 Å². The van der Waals surface area contributed by atoms with Crippen LogP contribution in [0.15, 0.2) is 24.8 Å². The average Bonchev–Trinajstić information content (AvgIpc) is 2.22. The molecule has 0 heterocycles. The van der Waals surface area contributed by atoms with Crippen LogP contribution in [0.2, 0.25) is 0 Å². The fraction of sp³-hybridized carbons (Fsp3) is 0.100. The molecule has 2 amide bonds. The number of urea groups is 1. The summed E-state index contributed by atoms with van der Waals surface area (Å²) in [6.07, 6.45) is 1.82. The first-order valence-corrected chi connectivity index (χ1v) is 4.70. The van der Waals surface area contributed by atoms with Crippen molar-refractivity contribution in [2.45, 2.75) is 6.42 Å². The number of nitrogen functional groups attached to an aromatic ring is 1. The van der Waals surface area contributed by atoms with Crippen molar-refractivity contribution in [2.75, 3.05) is 11.1 Å². The lowest BCUT2D eigenvalue weighted by molar-refractivity contribution is -0.383. The van der Waals surface area contributed by atoms with Gasteiger partial charge in [0, 0.05) is 17.3 Å². The van der Waals surface area contributed by atoms with Crippen molar-refractivity contribution in [3.05, 3.63) is 40.5 Å². The monoisotopic (exact) mass is 236 g/mol. The zero-order valence-corrected chi connectivity index (χ0v) is 8.97. The van der Waals surface area contributed by atoms with Gasteiger partial charge in [0.15, 0.2) is 0 Å². The van der Waals surface area contributed by atoms with Gasteiger partial charge in [-0.1, -0.05) is 6.08 Å². The van der Waals surface area contributed by atoms with Crippen LogP contribution in [0.25, 0.3) is 0 Å². The van der Waals surface area contributed by atoms with Crippen molar-refractivity contribution in [1.82, 2.24) is 0 Å². The molecule has 0 fully saturated rings. The number of hydrogen-bond donors (Lipinski definition) is 3. The highest BCUT2D eigenvalue weighted by atomic mass is 16.6. The van der Waals surface area contributed by atoms with Gasteiger partial charge in [0.1, 0.15) is 5.69 Å². The molecule has 0 spiro atoms. The van der Waals surface area contributed by atoms with Gasteiger partial charge in [0.25, 0.3) is 5.69 Å². The van der Waals surface area contributed by atoms with Crippen molar-refractivity contribution in [3.8, 4) is 0 Å². The number of primary amides is 1. The highest BCUT2D eigenvalue weighted by Gasteiger charge is 2.20. The van der Waals surface area contributed by atoms with E-state index in [0.29, 0.717) is 17.7 Å². The summed E-state index contributed by atoms with van der Waals surface area (Å²) in [6.45, 7) is 3.52. The van der Waals surface area contributed by atoms with E-state index in [4.69, 9.17) is 11.5 Å². The zero-order chi connectivity index (χ0) is 13.0. The minimum absolute atomic E-state index is 0.0161. The molecule has 5 N–H and O–H groups in total. The zero-order valence-electron chi connectivity index (χ0n) is 8.97. The van der Waals surface area contributed by atoms with E-state index in [2.05, 4.69) is 11.9 Å². The predicted octanol–water partition coefficient (Wildman–Crippen LogP) is 1.40. The van der Waals surface area contributed by atoms with Crippen molar-refractivity contribution in [3.63, 3.8) is 0 Å². The Morgan fingerprint density at radius 2 is 2.24 bits per heavy atom. The third-order valence-corrected chi connectivity index (χ3v) is 2.12. The van der Waals surface area contributed by atoms with Crippen LogP contribution in [0.3, 0.4) is 0 Å². The van der Waals surface area contributed by atoms with Crippen LogP contribution < -0.4 is 16.8 Å². The number of nitrogens with two attached hydrogens (primary N) is 2. The Morgan fingerprint density at radius 1 is 1.59 bits per heavy atom. The molecule has 0 saturated carbocycles. The third-order valence-electron chi connectivity index (χ3n) is 2.12. The Bertz CT molecular complexity index is 485. The van der Waals surface area contributed by atoms with E-state index < -0.39 is 11.0 Å². The predicted molar refractivity (Wildman–Crippen MR) is 64.6 cm³/mol. The molecule has 1 aromatic rings. The topological polar surface area (TPSA) is 124 Å². The number of carbonyl (C=O) groups excluding carboxylic acids is 1. The Labute approximate surface area is 97.2 Å². The molecule has 0 aliphatic carbocycles. The number of hydrogen-bond acceptors (Lipinski definition) is 4. The Hall–Kier alpha value is -2.57. The molecule has 0 atom stereocenters. The molecule has 7 heteroatoms. The summed E-state index contributed by atoms with van der Waals surface area (Å²) in [5, 5.41) is 13.0. The van der Waals surface area contributed by atoms with Crippen LogP contribution in [0.5, 0.6) is 0 Å². The summed E-state index contributed by atoms with van der Waals surface area (Å²) in [6, 6.07) is 1.74. The molecular formula is C10H12N4O3. The molecule has 0 aliphatic heterocycles. The lowest BCUT2D eigenvalue weighted by Crippen LogP contribution is -2.21. The maximum absolute atomic E-state index is 10.8. The molecule has 90 valence electrons. The molecule has 1 rings (SSSR count). The van der Waals surface area contributed by atoms with Crippen molar-refractivity contribution >= 4 is 23.1 Å². The van der Waals surface area contributed by atoms with Crippen molar-refractivity contribution in [2.24, 2.45) is 5.73 Å². The summed E-state index contributed by atoms with van der Waals surface area (Å²) in [7, 11) is 0. The van der Waals surface area contributed by atoms with Gasteiger partial charge in [-0.2, -0.15) is 0 Å². The Kier molecular flexibility index (Phi) is 3.66. The SMILES string of the molecule is C=CCc1c(N)ccc([N+](=O)[O-])c1NC(N)=O. The second-order valence-electron chi connectivity index (χ2n) is 3.27. The van der Waals surface area contributed by atoms with Crippen LogP contribution in [-0.4, -0.2) is 11.0 Å². The van der Waals surface area contributed by atoms with Gasteiger partial charge in [0.05, 0.1) is 4.92 Å². The van der Waals surface area contributed by atoms with Gasteiger partial charge in [-0.25, -0.2) is 4.79 Å². The minimum atomic E-state index is -0.885. The number of allylic oxidation sites excluding steroid dienone is 1. The van der Waals surface area contributed by atoms with Crippen LogP contribution >= 0.6 is 0 Å². The smallest absolute Gasteiger partial charge is 0.316 e. The molecule has 0 aromatic heterocycles. The highest BCUT2D eigenvalue weighted by Crippen LogP contribution is 2.32. The first kappa shape index (κ1) is 12.5. The van der Waals surface area contributed by atoms with E-state index in [0.717, 1.165) is 0 Å². The molecule has 0 saturated heterocycles. The quantitative estimate of drug-likeness (QED) is 0.316. The number of carbonyl (C=O) groups is 1. The number of amides is 2. The molecule has 1 aromatic carbocycles. The summed E-state index contributed by atoms with van der Waals surface area (Å²) >= 11 is 0. The summed E-state index contributed by atoms with van der Waals surface area (Å²) in [4.78, 5) is 21.0. The van der Waals surface area contributed by atoms with Gasteiger partial charge in [-0.15, -0.1) is 6.58 Å². The number of nitrogens with zero attached hydrogens (tertiary/aromatic N) is 1. The number of rotatable bonds is 4. The number of anilines is 2. The van der Waals surface area contributed by atoms with E-state index in [1.54, 1.807) is 0 Å². The van der Waals surface area contributed by atoms with Gasteiger partial charge in [-0.05, 0) is 12.5 Å². The first-order valence-electron chi connectivity index (χ1n) is 4.70. The van der Waals surface area contributed by atoms with Crippen molar-refractivity contribution in [1.29, 1.82) is 0 Å². The number of nitro groups is 1. The standard InChI is InChI=1S/C10H12N4O3/c1-2-3-6-7(11)4-5-8(14(16)17)9(6)13-10(12)15/h2,4-5H,1,3,11H2,(H3,12,13,15). The largest absolute Gasteiger partial charge is 0.398 e. The van der Waals surface area contributed by atoms with Crippen LogP contribution in [0, 0.1) is 10.1 Å². The second kappa shape index (κ2) is 4.97. The molecular weight excluding hydrogens is 224 g/mol. The number of benzene rings is 1. The van der Waals surface area contributed by atoms with Crippen LogP contribution in [0.1, 0.15) is 5.56 Å². The van der Waals surface area contributed by atoms with Crippen LogP contribution in [-0.2, 0) is 6.42 Å². The molecule has 17 heavy (non-hydrogen) atoms. The van der Waals surface area contributed by atoms with Gasteiger partial charge < -0.3 is 16.8 Å². The summed E-state index contributed by atoms with van der Waals surface area (Å²) in [5.74, 6) is 0. The van der Waals surface area contributed by atoms with E-state index >= 15 is 0 Å². The summed E-state index contributed by atoms with van der Waals surface area (Å²) in [5.41, 5.74) is 11.2. The summed E-state index contributed by atoms with van der Waals surface area (Å²) < 4.78 is 0. The Morgan fingerprint density at radius 3 is 2.71 bits per heavy atom. The molecule has 0 bridgehead atoms. The van der Waals surface area contributed by atoms with E-state index in [-0.39, 0.29) is 11.4 Å². The molecule has 0 unspecified atom stereocenters. The lowest BCUT2D eigenvalue weighted by atomic mass is 10.1. The number of nitrogens with one attached hydrogen (secondary N) is 1. The fourth-order valence-corrected chi connectivity index (χ4v) is 1.43.